The van der Waals surface area contributed by atoms with Crippen molar-refractivity contribution in [3.63, 3.8) is 0 Å². The van der Waals surface area contributed by atoms with Crippen molar-refractivity contribution in [3.8, 4) is 5.69 Å². The number of carbonyl (C=O) groups is 1. The molecule has 0 amide bonds. The summed E-state index contributed by atoms with van der Waals surface area (Å²) in [5.41, 5.74) is 2.36. The van der Waals surface area contributed by atoms with E-state index in [9.17, 15) is 4.79 Å². The topological polar surface area (TPSA) is 77.2 Å². The van der Waals surface area contributed by atoms with Crippen LogP contribution in [0.1, 0.15) is 35.6 Å². The van der Waals surface area contributed by atoms with E-state index in [4.69, 9.17) is 9.84 Å². The van der Waals surface area contributed by atoms with E-state index in [1.54, 1.807) is 0 Å². The number of carboxylic acid groups (broad SMARTS) is 1. The van der Waals surface area contributed by atoms with Crippen LogP contribution >= 0.6 is 0 Å². The standard InChI is InChI=1S/C14H17N3O3/c1-3-10-5-7-11(8-6-10)17-12(9-20-4-2)13(14(18)19)15-16-17/h5-8H,3-4,9H2,1-2H3,(H,18,19). The number of aromatic carboxylic acids is 1. The number of hydrogen-bond donors (Lipinski definition) is 1. The van der Waals surface area contributed by atoms with Gasteiger partial charge in [0.15, 0.2) is 5.69 Å². The normalized spacial score (nSPS) is 10.7. The van der Waals surface area contributed by atoms with Crippen molar-refractivity contribution in [1.82, 2.24) is 15.0 Å². The predicted octanol–water partition coefficient (Wildman–Crippen LogP) is 2.06. The second-order valence-corrected chi connectivity index (χ2v) is 4.26. The molecule has 0 saturated heterocycles. The molecule has 0 spiro atoms. The van der Waals surface area contributed by atoms with Gasteiger partial charge in [-0.15, -0.1) is 5.10 Å². The van der Waals surface area contributed by atoms with Crippen LogP contribution in [0.5, 0.6) is 0 Å². The minimum Gasteiger partial charge on any atom is -0.476 e. The van der Waals surface area contributed by atoms with Crippen LogP contribution in [0.3, 0.4) is 0 Å². The molecule has 6 heteroatoms. The quantitative estimate of drug-likeness (QED) is 0.873. The average molecular weight is 275 g/mol. The van der Waals surface area contributed by atoms with Gasteiger partial charge in [-0.25, -0.2) is 9.48 Å². The Morgan fingerprint density at radius 3 is 2.55 bits per heavy atom. The largest absolute Gasteiger partial charge is 0.476 e. The first kappa shape index (κ1) is 14.2. The third-order valence-corrected chi connectivity index (χ3v) is 3.00. The van der Waals surface area contributed by atoms with Gasteiger partial charge in [0.25, 0.3) is 0 Å². The smallest absolute Gasteiger partial charge is 0.358 e. The fourth-order valence-corrected chi connectivity index (χ4v) is 1.88. The molecule has 0 aliphatic heterocycles. The predicted molar refractivity (Wildman–Crippen MR) is 73.0 cm³/mol. The van der Waals surface area contributed by atoms with Gasteiger partial charge < -0.3 is 9.84 Å². The summed E-state index contributed by atoms with van der Waals surface area (Å²) in [7, 11) is 0. The van der Waals surface area contributed by atoms with E-state index in [1.165, 1.54) is 10.2 Å². The van der Waals surface area contributed by atoms with Gasteiger partial charge in [0.05, 0.1) is 12.3 Å². The highest BCUT2D eigenvalue weighted by molar-refractivity contribution is 5.86. The van der Waals surface area contributed by atoms with E-state index in [0.717, 1.165) is 12.1 Å². The first-order valence-electron chi connectivity index (χ1n) is 6.52. The number of benzene rings is 1. The Bertz CT molecular complexity index is 590. The van der Waals surface area contributed by atoms with Crippen LogP contribution < -0.4 is 0 Å². The molecule has 2 aromatic rings. The third kappa shape index (κ3) is 2.85. The minimum atomic E-state index is -1.10. The van der Waals surface area contributed by atoms with Gasteiger partial charge in [-0.05, 0) is 31.0 Å². The zero-order valence-electron chi connectivity index (χ0n) is 11.5. The maximum atomic E-state index is 11.2. The molecule has 106 valence electrons. The number of hydrogen-bond acceptors (Lipinski definition) is 4. The van der Waals surface area contributed by atoms with Crippen molar-refractivity contribution >= 4 is 5.97 Å². The first-order valence-corrected chi connectivity index (χ1v) is 6.52. The van der Waals surface area contributed by atoms with Crippen molar-refractivity contribution in [1.29, 1.82) is 0 Å². The molecule has 1 N–H and O–H groups in total. The molecule has 1 aromatic carbocycles. The summed E-state index contributed by atoms with van der Waals surface area (Å²) < 4.78 is 6.82. The Balaban J connectivity index is 2.41. The molecule has 0 aliphatic rings. The lowest BCUT2D eigenvalue weighted by molar-refractivity contribution is 0.0681. The molecule has 0 unspecified atom stereocenters. The summed E-state index contributed by atoms with van der Waals surface area (Å²) in [4.78, 5) is 11.2. The number of aromatic nitrogens is 3. The Labute approximate surface area is 117 Å². The van der Waals surface area contributed by atoms with E-state index >= 15 is 0 Å². The van der Waals surface area contributed by atoms with Gasteiger partial charge in [-0.1, -0.05) is 24.3 Å². The van der Waals surface area contributed by atoms with Crippen LogP contribution in [0.15, 0.2) is 24.3 Å². The molecule has 1 heterocycles. The Kier molecular flexibility index (Phi) is 4.47. The van der Waals surface area contributed by atoms with Crippen molar-refractivity contribution in [2.75, 3.05) is 6.61 Å². The zero-order chi connectivity index (χ0) is 14.5. The lowest BCUT2D eigenvalue weighted by Gasteiger charge is -2.07. The van der Waals surface area contributed by atoms with Gasteiger partial charge in [-0.3, -0.25) is 0 Å². The lowest BCUT2D eigenvalue weighted by Crippen LogP contribution is -2.08. The van der Waals surface area contributed by atoms with Gasteiger partial charge in [0.2, 0.25) is 0 Å². The van der Waals surface area contributed by atoms with Gasteiger partial charge in [0.1, 0.15) is 5.69 Å². The van der Waals surface area contributed by atoms with Gasteiger partial charge >= 0.3 is 5.97 Å². The fourth-order valence-electron chi connectivity index (χ4n) is 1.88. The van der Waals surface area contributed by atoms with E-state index in [2.05, 4.69) is 17.2 Å². The number of carboxylic acids is 1. The molecular weight excluding hydrogens is 258 g/mol. The maximum Gasteiger partial charge on any atom is 0.358 e. The van der Waals surface area contributed by atoms with Crippen molar-refractivity contribution in [2.45, 2.75) is 26.9 Å². The number of ether oxygens (including phenoxy) is 1. The maximum absolute atomic E-state index is 11.2. The monoisotopic (exact) mass is 275 g/mol. The molecule has 0 aliphatic carbocycles. The van der Waals surface area contributed by atoms with Crippen molar-refractivity contribution < 1.29 is 14.6 Å². The highest BCUT2D eigenvalue weighted by Crippen LogP contribution is 2.15. The number of rotatable bonds is 6. The summed E-state index contributed by atoms with van der Waals surface area (Å²) >= 11 is 0. The van der Waals surface area contributed by atoms with Gasteiger partial charge in [-0.2, -0.15) is 0 Å². The summed E-state index contributed by atoms with van der Waals surface area (Å²) in [5.74, 6) is -1.10. The van der Waals surface area contributed by atoms with E-state index in [1.807, 2.05) is 31.2 Å². The minimum absolute atomic E-state index is 0.0713. The molecule has 0 radical (unpaired) electrons. The highest BCUT2D eigenvalue weighted by Gasteiger charge is 2.19. The molecule has 1 aromatic heterocycles. The van der Waals surface area contributed by atoms with Crippen LogP contribution in [0.2, 0.25) is 0 Å². The van der Waals surface area contributed by atoms with E-state index < -0.39 is 5.97 Å². The molecule has 2 rings (SSSR count). The van der Waals surface area contributed by atoms with Crippen LogP contribution in [-0.2, 0) is 17.8 Å². The van der Waals surface area contributed by atoms with Crippen molar-refractivity contribution in [2.24, 2.45) is 0 Å². The first-order chi connectivity index (χ1) is 9.67. The SMILES string of the molecule is CCOCc1c(C(=O)O)nnn1-c1ccc(CC)cc1. The van der Waals surface area contributed by atoms with Crippen LogP contribution in [0.4, 0.5) is 0 Å². The molecule has 20 heavy (non-hydrogen) atoms. The summed E-state index contributed by atoms with van der Waals surface area (Å²) in [6.45, 7) is 4.60. The number of nitrogens with zero attached hydrogens (tertiary/aromatic N) is 3. The Hall–Kier alpha value is -2.21. The molecular formula is C14H17N3O3. The number of aryl methyl sites for hydroxylation is 1. The summed E-state index contributed by atoms with van der Waals surface area (Å²) in [5, 5.41) is 16.8. The van der Waals surface area contributed by atoms with E-state index in [0.29, 0.717) is 12.3 Å². The molecule has 0 atom stereocenters. The van der Waals surface area contributed by atoms with Crippen LogP contribution in [0, 0.1) is 0 Å². The fraction of sp³-hybridized carbons (Fsp3) is 0.357. The lowest BCUT2D eigenvalue weighted by atomic mass is 10.1. The van der Waals surface area contributed by atoms with E-state index in [-0.39, 0.29) is 12.3 Å². The van der Waals surface area contributed by atoms with Crippen LogP contribution in [0.25, 0.3) is 5.69 Å². The van der Waals surface area contributed by atoms with Crippen molar-refractivity contribution in [3.05, 3.63) is 41.2 Å². The average Bonchev–Trinajstić information content (AvgIpc) is 2.89. The molecule has 0 bridgehead atoms. The highest BCUT2D eigenvalue weighted by atomic mass is 16.5. The third-order valence-electron chi connectivity index (χ3n) is 3.00. The summed E-state index contributed by atoms with van der Waals surface area (Å²) in [6, 6.07) is 7.77. The summed E-state index contributed by atoms with van der Waals surface area (Å²) in [6.07, 6.45) is 0.948. The van der Waals surface area contributed by atoms with Crippen LogP contribution in [-0.4, -0.2) is 32.7 Å². The molecule has 0 fully saturated rings. The second-order valence-electron chi connectivity index (χ2n) is 4.26. The molecule has 6 nitrogen and oxygen atoms in total. The Morgan fingerprint density at radius 2 is 2.00 bits per heavy atom. The molecule has 0 saturated carbocycles. The second kappa shape index (κ2) is 6.29. The van der Waals surface area contributed by atoms with Gasteiger partial charge in [0, 0.05) is 6.61 Å². The Morgan fingerprint density at radius 1 is 1.30 bits per heavy atom. The zero-order valence-corrected chi connectivity index (χ0v) is 11.5.